The van der Waals surface area contributed by atoms with Gasteiger partial charge < -0.3 is 10.1 Å². The molecule has 156 valence electrons. The van der Waals surface area contributed by atoms with Gasteiger partial charge in [-0.2, -0.15) is 0 Å². The highest BCUT2D eigenvalue weighted by molar-refractivity contribution is 5.89. The molecular formula is C26H35NO2. The number of aryl methyl sites for hydroxylation is 1. The van der Waals surface area contributed by atoms with Crippen molar-refractivity contribution in [1.82, 2.24) is 5.32 Å². The summed E-state index contributed by atoms with van der Waals surface area (Å²) in [5, 5.41) is 3.29. The van der Waals surface area contributed by atoms with Crippen molar-refractivity contribution in [2.75, 3.05) is 0 Å². The van der Waals surface area contributed by atoms with Gasteiger partial charge in [0, 0.05) is 11.5 Å². The Kier molecular flexibility index (Phi) is 4.38. The van der Waals surface area contributed by atoms with Crippen LogP contribution in [-0.4, -0.2) is 18.1 Å². The van der Waals surface area contributed by atoms with Gasteiger partial charge in [0.25, 0.3) is 0 Å². The van der Waals surface area contributed by atoms with Crippen molar-refractivity contribution in [2.45, 2.75) is 71.9 Å². The Bertz CT molecular complexity index is 830. The summed E-state index contributed by atoms with van der Waals surface area (Å²) in [6.45, 7) is 9.47. The molecule has 3 unspecified atom stereocenters. The molecule has 1 N–H and O–H groups in total. The molecule has 1 aromatic carbocycles. The van der Waals surface area contributed by atoms with Crippen LogP contribution in [0.15, 0.2) is 36.4 Å². The number of amides is 1. The van der Waals surface area contributed by atoms with Gasteiger partial charge in [0.1, 0.15) is 5.75 Å². The molecule has 4 aliphatic rings. The standard InChI is InChI=1S/C26H35NO2/c1-16-5-7-18(8-6-16)29-19-14-21-24-17(2)13-22-26(4,12-10-23(28)27-22)20(24)9-11-25(21,3)15-19/h5-8,10,12,17,19-22,24H,9,11,13-15H2,1-4H3,(H,27,28)/t17-,19-,20?,21?,22+,24?,25+,26+/m0/s1. The monoisotopic (exact) mass is 393 g/mol. The summed E-state index contributed by atoms with van der Waals surface area (Å²) in [4.78, 5) is 12.0. The first kappa shape index (κ1) is 19.2. The molecule has 3 nitrogen and oxygen atoms in total. The lowest BCUT2D eigenvalue weighted by atomic mass is 9.46. The van der Waals surface area contributed by atoms with E-state index in [9.17, 15) is 4.79 Å². The summed E-state index contributed by atoms with van der Waals surface area (Å²) < 4.78 is 6.48. The van der Waals surface area contributed by atoms with E-state index in [1.54, 1.807) is 6.08 Å². The fourth-order valence-corrected chi connectivity index (χ4v) is 7.58. The van der Waals surface area contributed by atoms with Crippen molar-refractivity contribution >= 4 is 5.91 Å². The molecule has 1 aliphatic heterocycles. The highest BCUT2D eigenvalue weighted by Gasteiger charge is 2.60. The lowest BCUT2D eigenvalue weighted by molar-refractivity contribution is -0.124. The van der Waals surface area contributed by atoms with Gasteiger partial charge in [-0.1, -0.05) is 44.5 Å². The molecule has 0 bridgehead atoms. The van der Waals surface area contributed by atoms with Gasteiger partial charge in [0.05, 0.1) is 6.10 Å². The minimum atomic E-state index is 0.0891. The molecule has 5 rings (SSSR count). The normalized spacial score (nSPS) is 45.7. The number of hydrogen-bond donors (Lipinski definition) is 1. The van der Waals surface area contributed by atoms with E-state index in [1.807, 2.05) is 0 Å². The average Bonchev–Trinajstić information content (AvgIpc) is 3.01. The molecule has 3 saturated carbocycles. The number of ether oxygens (including phenoxy) is 1. The molecule has 29 heavy (non-hydrogen) atoms. The Morgan fingerprint density at radius 3 is 2.62 bits per heavy atom. The van der Waals surface area contributed by atoms with E-state index in [0.29, 0.717) is 29.4 Å². The van der Waals surface area contributed by atoms with Crippen LogP contribution in [-0.2, 0) is 4.79 Å². The van der Waals surface area contributed by atoms with Crippen molar-refractivity contribution in [1.29, 1.82) is 0 Å². The maximum absolute atomic E-state index is 12.0. The second kappa shape index (κ2) is 6.62. The molecule has 3 fully saturated rings. The minimum absolute atomic E-state index is 0.0891. The summed E-state index contributed by atoms with van der Waals surface area (Å²) in [6.07, 6.45) is 10.4. The molecule has 0 saturated heterocycles. The Hall–Kier alpha value is -1.77. The molecular weight excluding hydrogens is 358 g/mol. The van der Waals surface area contributed by atoms with Crippen LogP contribution in [0.2, 0.25) is 0 Å². The van der Waals surface area contributed by atoms with Crippen LogP contribution in [0.4, 0.5) is 0 Å². The van der Waals surface area contributed by atoms with E-state index in [0.717, 1.165) is 24.0 Å². The molecule has 0 radical (unpaired) electrons. The summed E-state index contributed by atoms with van der Waals surface area (Å²) in [5.74, 6) is 3.85. The first-order valence-electron chi connectivity index (χ1n) is 11.5. The quantitative estimate of drug-likeness (QED) is 0.742. The largest absolute Gasteiger partial charge is 0.490 e. The summed E-state index contributed by atoms with van der Waals surface area (Å²) in [5.41, 5.74) is 1.76. The van der Waals surface area contributed by atoms with E-state index < -0.39 is 0 Å². The van der Waals surface area contributed by atoms with Crippen LogP contribution >= 0.6 is 0 Å². The number of carbonyl (C=O) groups is 1. The zero-order valence-electron chi connectivity index (χ0n) is 18.3. The lowest BCUT2D eigenvalue weighted by Gasteiger charge is -2.60. The predicted molar refractivity (Wildman–Crippen MR) is 116 cm³/mol. The van der Waals surface area contributed by atoms with Crippen LogP contribution in [0.5, 0.6) is 5.75 Å². The van der Waals surface area contributed by atoms with Crippen molar-refractivity contribution in [3.63, 3.8) is 0 Å². The third kappa shape index (κ3) is 3.04. The lowest BCUT2D eigenvalue weighted by Crippen LogP contribution is -2.61. The highest BCUT2D eigenvalue weighted by Crippen LogP contribution is 2.64. The van der Waals surface area contributed by atoms with E-state index in [4.69, 9.17) is 4.74 Å². The zero-order chi connectivity index (χ0) is 20.4. The van der Waals surface area contributed by atoms with Gasteiger partial charge in [0.2, 0.25) is 5.91 Å². The molecule has 8 atom stereocenters. The topological polar surface area (TPSA) is 38.3 Å². The second-order valence-electron chi connectivity index (χ2n) is 10.9. The Morgan fingerprint density at radius 2 is 1.86 bits per heavy atom. The van der Waals surface area contributed by atoms with Crippen LogP contribution in [0.3, 0.4) is 0 Å². The first-order chi connectivity index (χ1) is 13.8. The fraction of sp³-hybridized carbons (Fsp3) is 0.654. The number of nitrogens with one attached hydrogen (secondary N) is 1. The van der Waals surface area contributed by atoms with Crippen molar-refractivity contribution in [3.8, 4) is 5.75 Å². The Morgan fingerprint density at radius 1 is 1.10 bits per heavy atom. The van der Waals surface area contributed by atoms with Crippen LogP contribution in [0.25, 0.3) is 0 Å². The molecule has 0 spiro atoms. The van der Waals surface area contributed by atoms with Gasteiger partial charge in [0.15, 0.2) is 0 Å². The number of fused-ring (bicyclic) bond motifs is 5. The van der Waals surface area contributed by atoms with Crippen molar-refractivity contribution < 1.29 is 9.53 Å². The first-order valence-corrected chi connectivity index (χ1v) is 11.5. The zero-order valence-corrected chi connectivity index (χ0v) is 18.3. The van der Waals surface area contributed by atoms with Gasteiger partial charge >= 0.3 is 0 Å². The smallest absolute Gasteiger partial charge is 0.243 e. The van der Waals surface area contributed by atoms with E-state index in [-0.39, 0.29) is 11.3 Å². The SMILES string of the molecule is Cc1ccc(O[C@H]2CC3C4C(CC[C@]3(C)C2)[C@@]2(C)C=CC(=O)N[C@@H]2C[C@@H]4C)cc1. The molecule has 3 heteroatoms. The Labute approximate surface area is 175 Å². The van der Waals surface area contributed by atoms with Crippen LogP contribution < -0.4 is 10.1 Å². The van der Waals surface area contributed by atoms with E-state index >= 15 is 0 Å². The number of benzene rings is 1. The predicted octanol–water partition coefficient (Wildman–Crippen LogP) is 5.29. The summed E-state index contributed by atoms with van der Waals surface area (Å²) >= 11 is 0. The minimum Gasteiger partial charge on any atom is -0.490 e. The summed E-state index contributed by atoms with van der Waals surface area (Å²) in [7, 11) is 0. The molecule has 1 aromatic rings. The molecule has 0 aromatic heterocycles. The summed E-state index contributed by atoms with van der Waals surface area (Å²) in [6, 6.07) is 8.81. The van der Waals surface area contributed by atoms with E-state index in [1.165, 1.54) is 31.2 Å². The molecule has 1 heterocycles. The van der Waals surface area contributed by atoms with Crippen molar-refractivity contribution in [2.24, 2.45) is 34.5 Å². The third-order valence-electron chi connectivity index (χ3n) is 9.11. The maximum Gasteiger partial charge on any atom is 0.243 e. The highest BCUT2D eigenvalue weighted by atomic mass is 16.5. The van der Waals surface area contributed by atoms with E-state index in [2.05, 4.69) is 63.4 Å². The van der Waals surface area contributed by atoms with Crippen LogP contribution in [0.1, 0.15) is 58.4 Å². The number of rotatable bonds is 2. The fourth-order valence-electron chi connectivity index (χ4n) is 7.58. The van der Waals surface area contributed by atoms with Crippen molar-refractivity contribution in [3.05, 3.63) is 42.0 Å². The third-order valence-corrected chi connectivity index (χ3v) is 9.11. The molecule has 3 aliphatic carbocycles. The van der Waals surface area contributed by atoms with Gasteiger partial charge in [-0.25, -0.2) is 0 Å². The maximum atomic E-state index is 12.0. The average molecular weight is 394 g/mol. The van der Waals surface area contributed by atoms with Gasteiger partial charge in [-0.15, -0.1) is 0 Å². The molecule has 1 amide bonds. The van der Waals surface area contributed by atoms with Crippen LogP contribution in [0, 0.1) is 41.4 Å². The van der Waals surface area contributed by atoms with Gasteiger partial charge in [-0.3, -0.25) is 4.79 Å². The Balaban J connectivity index is 1.40. The number of hydrogen-bond acceptors (Lipinski definition) is 2. The second-order valence-corrected chi connectivity index (χ2v) is 10.9. The number of carbonyl (C=O) groups excluding carboxylic acids is 1. The van der Waals surface area contributed by atoms with Gasteiger partial charge in [-0.05, 0) is 86.3 Å².